The van der Waals surface area contributed by atoms with Crippen molar-refractivity contribution in [3.63, 3.8) is 0 Å². The Labute approximate surface area is 211 Å². The number of thiophene rings is 1. The predicted octanol–water partition coefficient (Wildman–Crippen LogP) is 5.30. The van der Waals surface area contributed by atoms with Crippen molar-refractivity contribution in [2.24, 2.45) is 0 Å². The van der Waals surface area contributed by atoms with Crippen LogP contribution in [0.3, 0.4) is 0 Å². The van der Waals surface area contributed by atoms with E-state index in [0.717, 1.165) is 22.2 Å². The van der Waals surface area contributed by atoms with Gasteiger partial charge in [0.1, 0.15) is 21.5 Å². The Morgan fingerprint density at radius 2 is 1.67 bits per heavy atom. The van der Waals surface area contributed by atoms with Gasteiger partial charge >= 0.3 is 7.60 Å². The quantitative estimate of drug-likeness (QED) is 0.135. The molecule has 0 bridgehead atoms. The molecule has 4 rings (SSSR count). The molecule has 0 aliphatic carbocycles. The van der Waals surface area contributed by atoms with Crippen LogP contribution in [0.15, 0.2) is 89.1 Å². The van der Waals surface area contributed by atoms with Crippen LogP contribution in [0.2, 0.25) is 0 Å². The molecule has 1 heterocycles. The molecule has 5 N–H and O–H groups in total. The number of fused-ring (bicyclic) bond motifs is 1. The standard InChI is InChI=1S/C23H21N2O7PS2.H3N/c26-25(27)19-10-12-20(13-11-19)32-33(28,29)16-24-15-22(17-6-2-1-3-7-17)35(30,31)23-14-18-8-4-5-9-21(18)34-23;/h1-14,22,24H,15-16H2,(H,28,29);1H3. The summed E-state index contributed by atoms with van der Waals surface area (Å²) < 4.78 is 45.9. The minimum absolute atomic E-state index is 0. The molecule has 4 aromatic rings. The summed E-state index contributed by atoms with van der Waals surface area (Å²) in [6, 6.07) is 22.4. The average Bonchev–Trinajstić information content (AvgIpc) is 3.28. The van der Waals surface area contributed by atoms with E-state index in [-0.39, 0.29) is 28.3 Å². The summed E-state index contributed by atoms with van der Waals surface area (Å²) in [5, 5.41) is 13.3. The van der Waals surface area contributed by atoms with Crippen LogP contribution in [0.4, 0.5) is 5.69 Å². The maximum absolute atomic E-state index is 13.6. The fourth-order valence-electron chi connectivity index (χ4n) is 3.47. The van der Waals surface area contributed by atoms with Crippen LogP contribution in [0.1, 0.15) is 10.8 Å². The number of nitrogens with one attached hydrogen (secondary N) is 1. The van der Waals surface area contributed by atoms with Crippen LogP contribution in [0.5, 0.6) is 5.75 Å². The first-order chi connectivity index (χ1) is 16.7. The third-order valence-electron chi connectivity index (χ3n) is 5.17. The van der Waals surface area contributed by atoms with E-state index in [1.165, 1.54) is 23.5 Å². The molecule has 3 aromatic carbocycles. The minimum atomic E-state index is -4.22. The summed E-state index contributed by atoms with van der Waals surface area (Å²) in [7, 11) is -8.05. The molecule has 36 heavy (non-hydrogen) atoms. The van der Waals surface area contributed by atoms with Crippen LogP contribution < -0.4 is 16.0 Å². The maximum atomic E-state index is 13.6. The second-order valence-corrected chi connectivity index (χ2v) is 12.9. The summed E-state index contributed by atoms with van der Waals surface area (Å²) in [6.45, 7) is -0.130. The predicted molar refractivity (Wildman–Crippen MR) is 140 cm³/mol. The van der Waals surface area contributed by atoms with Crippen LogP contribution >= 0.6 is 18.9 Å². The second kappa shape index (κ2) is 11.3. The van der Waals surface area contributed by atoms with Gasteiger partial charge in [-0.05, 0) is 35.2 Å². The molecule has 0 fully saturated rings. The highest BCUT2D eigenvalue weighted by Crippen LogP contribution is 2.42. The van der Waals surface area contributed by atoms with Gasteiger partial charge in [0, 0.05) is 23.4 Å². The van der Waals surface area contributed by atoms with Crippen molar-refractivity contribution in [3.8, 4) is 5.75 Å². The summed E-state index contributed by atoms with van der Waals surface area (Å²) >= 11 is 1.18. The van der Waals surface area contributed by atoms with Crippen molar-refractivity contribution in [2.75, 3.05) is 12.8 Å². The van der Waals surface area contributed by atoms with Gasteiger partial charge in [0.2, 0.25) is 0 Å². The number of rotatable bonds is 10. The molecular weight excluding hydrogens is 525 g/mol. The Hall–Kier alpha value is -3.12. The Bertz CT molecular complexity index is 1460. The normalized spacial score (nSPS) is 13.9. The second-order valence-electron chi connectivity index (χ2n) is 7.64. The summed E-state index contributed by atoms with van der Waals surface area (Å²) in [6.07, 6.45) is -0.519. The highest BCUT2D eigenvalue weighted by Gasteiger charge is 2.32. The highest BCUT2D eigenvalue weighted by molar-refractivity contribution is 7.93. The number of hydrogen-bond donors (Lipinski definition) is 3. The van der Waals surface area contributed by atoms with Gasteiger partial charge in [-0.3, -0.25) is 10.1 Å². The largest absolute Gasteiger partial charge is 0.424 e. The van der Waals surface area contributed by atoms with Crippen molar-refractivity contribution in [1.29, 1.82) is 0 Å². The number of nitrogens with zero attached hydrogens (tertiary/aromatic N) is 1. The van der Waals surface area contributed by atoms with E-state index in [9.17, 15) is 28.0 Å². The number of hydrogen-bond acceptors (Lipinski definition) is 9. The topological polar surface area (TPSA) is 171 Å². The third kappa shape index (κ3) is 6.35. The monoisotopic (exact) mass is 549 g/mol. The lowest BCUT2D eigenvalue weighted by atomic mass is 10.1. The van der Waals surface area contributed by atoms with Gasteiger partial charge in [0.15, 0.2) is 9.84 Å². The first kappa shape index (κ1) is 27.5. The lowest BCUT2D eigenvalue weighted by Gasteiger charge is -2.19. The SMILES string of the molecule is N.O=[N+]([O-])c1ccc(OP(=O)(O)CNCC(c2ccccc2)S(=O)(=O)c2cc3ccccc3s2)cc1. The zero-order valence-corrected chi connectivity index (χ0v) is 21.4. The van der Waals surface area contributed by atoms with E-state index >= 15 is 0 Å². The Morgan fingerprint density at radius 1 is 1.03 bits per heavy atom. The lowest BCUT2D eigenvalue weighted by Crippen LogP contribution is -2.28. The first-order valence-corrected chi connectivity index (χ1v) is 14.5. The molecule has 0 amide bonds. The minimum Gasteiger partial charge on any atom is -0.424 e. The van der Waals surface area contributed by atoms with Gasteiger partial charge in [-0.1, -0.05) is 48.5 Å². The van der Waals surface area contributed by atoms with Crippen molar-refractivity contribution >= 4 is 44.5 Å². The van der Waals surface area contributed by atoms with E-state index in [2.05, 4.69) is 5.32 Å². The van der Waals surface area contributed by atoms with Crippen molar-refractivity contribution in [3.05, 3.63) is 101 Å². The molecule has 0 saturated carbocycles. The van der Waals surface area contributed by atoms with Gasteiger partial charge in [-0.25, -0.2) is 13.0 Å². The highest BCUT2D eigenvalue weighted by atomic mass is 32.2. The van der Waals surface area contributed by atoms with Crippen molar-refractivity contribution in [2.45, 2.75) is 9.46 Å². The Kier molecular flexibility index (Phi) is 8.62. The molecule has 0 aliphatic rings. The van der Waals surface area contributed by atoms with E-state index in [4.69, 9.17) is 4.52 Å². The molecule has 2 unspecified atom stereocenters. The van der Waals surface area contributed by atoms with Gasteiger partial charge in [0.25, 0.3) is 5.69 Å². The molecule has 13 heteroatoms. The molecule has 2 atom stereocenters. The third-order valence-corrected chi connectivity index (χ3v) is 10.0. The summed E-state index contributed by atoms with van der Waals surface area (Å²) in [4.78, 5) is 20.4. The summed E-state index contributed by atoms with van der Waals surface area (Å²) in [5.74, 6) is -0.0132. The number of non-ortho nitro benzene ring substituents is 1. The van der Waals surface area contributed by atoms with Gasteiger partial charge in [-0.2, -0.15) is 0 Å². The zero-order chi connectivity index (χ0) is 25.1. The molecule has 1 aromatic heterocycles. The number of sulfone groups is 1. The van der Waals surface area contributed by atoms with Crippen molar-refractivity contribution in [1.82, 2.24) is 11.5 Å². The lowest BCUT2D eigenvalue weighted by molar-refractivity contribution is -0.384. The van der Waals surface area contributed by atoms with Gasteiger partial charge < -0.3 is 20.9 Å². The average molecular weight is 550 g/mol. The van der Waals surface area contributed by atoms with Crippen LogP contribution in [-0.2, 0) is 14.4 Å². The van der Waals surface area contributed by atoms with Crippen molar-refractivity contribution < 1.29 is 27.3 Å². The van der Waals surface area contributed by atoms with Crippen LogP contribution in [0.25, 0.3) is 10.1 Å². The fraction of sp³-hybridized carbons (Fsp3) is 0.130. The summed E-state index contributed by atoms with van der Waals surface area (Å²) in [5.41, 5.74) is 0.363. The fourth-order valence-corrected chi connectivity index (χ4v) is 7.70. The Balaban J connectivity index is 0.00000361. The molecule has 190 valence electrons. The van der Waals surface area contributed by atoms with Crippen LogP contribution in [0, 0.1) is 10.1 Å². The van der Waals surface area contributed by atoms with E-state index in [0.29, 0.717) is 5.56 Å². The number of benzene rings is 3. The molecule has 0 radical (unpaired) electrons. The Morgan fingerprint density at radius 3 is 2.31 bits per heavy atom. The molecule has 0 saturated heterocycles. The zero-order valence-electron chi connectivity index (χ0n) is 18.9. The smallest absolute Gasteiger partial charge is 0.390 e. The maximum Gasteiger partial charge on any atom is 0.390 e. The number of nitro groups is 1. The van der Waals surface area contributed by atoms with E-state index in [1.54, 1.807) is 36.4 Å². The van der Waals surface area contributed by atoms with Crippen LogP contribution in [-0.4, -0.2) is 31.1 Å². The first-order valence-electron chi connectivity index (χ1n) is 10.4. The molecular formula is C23H24N3O7PS2. The molecule has 0 spiro atoms. The van der Waals surface area contributed by atoms with Gasteiger partial charge in [-0.15, -0.1) is 11.3 Å². The molecule has 10 nitrogen and oxygen atoms in total. The van der Waals surface area contributed by atoms with E-state index < -0.39 is 33.9 Å². The number of nitro benzene ring substituents is 1. The van der Waals surface area contributed by atoms with E-state index in [1.807, 2.05) is 24.3 Å². The van der Waals surface area contributed by atoms with Gasteiger partial charge in [0.05, 0.1) is 4.92 Å². The molecule has 0 aliphatic heterocycles.